The Bertz CT molecular complexity index is 700. The maximum atomic E-state index is 12.2. The number of pyridine rings is 1. The van der Waals surface area contributed by atoms with Crippen LogP contribution in [0.4, 0.5) is 5.69 Å². The summed E-state index contributed by atoms with van der Waals surface area (Å²) in [6.07, 6.45) is 3.89. The number of hydrogen-bond acceptors (Lipinski definition) is 3. The zero-order valence-corrected chi connectivity index (χ0v) is 12.9. The Morgan fingerprint density at radius 1 is 1.22 bits per heavy atom. The van der Waals surface area contributed by atoms with Crippen LogP contribution in [-0.4, -0.2) is 29.9 Å². The monoisotopic (exact) mass is 309 g/mol. The van der Waals surface area contributed by atoms with Crippen molar-refractivity contribution < 1.29 is 9.59 Å². The highest BCUT2D eigenvalue weighted by molar-refractivity contribution is 5.99. The summed E-state index contributed by atoms with van der Waals surface area (Å²) >= 11 is 0. The smallest absolute Gasteiger partial charge is 0.251 e. The third-order valence-electron chi connectivity index (χ3n) is 3.89. The second kappa shape index (κ2) is 7.05. The van der Waals surface area contributed by atoms with Crippen LogP contribution in [-0.2, 0) is 11.2 Å². The quantitative estimate of drug-likeness (QED) is 0.921. The van der Waals surface area contributed by atoms with Gasteiger partial charge in [-0.25, -0.2) is 0 Å². The van der Waals surface area contributed by atoms with Crippen LogP contribution in [0.3, 0.4) is 0 Å². The fraction of sp³-hybridized carbons (Fsp3) is 0.278. The lowest BCUT2D eigenvalue weighted by molar-refractivity contribution is -0.117. The fourth-order valence-electron chi connectivity index (χ4n) is 2.69. The number of carbonyl (C=O) groups is 2. The number of rotatable bonds is 5. The van der Waals surface area contributed by atoms with E-state index in [-0.39, 0.29) is 11.8 Å². The second-order valence-corrected chi connectivity index (χ2v) is 5.53. The predicted molar refractivity (Wildman–Crippen MR) is 88.3 cm³/mol. The molecule has 5 heteroatoms. The molecule has 1 aromatic carbocycles. The van der Waals surface area contributed by atoms with Crippen LogP contribution in [0.1, 0.15) is 28.9 Å². The van der Waals surface area contributed by atoms with Gasteiger partial charge in [0.25, 0.3) is 5.91 Å². The maximum absolute atomic E-state index is 12.2. The molecule has 0 atom stereocenters. The highest BCUT2D eigenvalue weighted by Crippen LogP contribution is 2.22. The number of nitrogens with one attached hydrogen (secondary N) is 1. The molecule has 1 N–H and O–H groups in total. The van der Waals surface area contributed by atoms with Crippen LogP contribution >= 0.6 is 0 Å². The first-order valence-corrected chi connectivity index (χ1v) is 7.82. The van der Waals surface area contributed by atoms with Crippen molar-refractivity contribution in [1.29, 1.82) is 0 Å². The van der Waals surface area contributed by atoms with Crippen molar-refractivity contribution in [1.82, 2.24) is 10.3 Å². The molecule has 1 saturated heterocycles. The van der Waals surface area contributed by atoms with Crippen LogP contribution in [0, 0.1) is 0 Å². The van der Waals surface area contributed by atoms with E-state index < -0.39 is 0 Å². The van der Waals surface area contributed by atoms with E-state index in [1.165, 1.54) is 0 Å². The topological polar surface area (TPSA) is 62.3 Å². The zero-order chi connectivity index (χ0) is 16.1. The molecule has 23 heavy (non-hydrogen) atoms. The molecule has 0 saturated carbocycles. The number of hydrogen-bond donors (Lipinski definition) is 1. The van der Waals surface area contributed by atoms with Crippen molar-refractivity contribution >= 4 is 17.5 Å². The maximum Gasteiger partial charge on any atom is 0.251 e. The summed E-state index contributed by atoms with van der Waals surface area (Å²) in [4.78, 5) is 30.0. The minimum atomic E-state index is -0.130. The van der Waals surface area contributed by atoms with Crippen molar-refractivity contribution in [2.24, 2.45) is 0 Å². The van der Waals surface area contributed by atoms with Gasteiger partial charge in [-0.2, -0.15) is 0 Å². The molecule has 2 amide bonds. The second-order valence-electron chi connectivity index (χ2n) is 5.53. The van der Waals surface area contributed by atoms with Crippen molar-refractivity contribution in [3.05, 3.63) is 59.9 Å². The zero-order valence-electron chi connectivity index (χ0n) is 12.9. The Labute approximate surface area is 135 Å². The number of anilines is 1. The van der Waals surface area contributed by atoms with E-state index in [4.69, 9.17) is 0 Å². The summed E-state index contributed by atoms with van der Waals surface area (Å²) in [5, 5.41) is 2.89. The molecular weight excluding hydrogens is 290 g/mol. The molecule has 3 rings (SSSR count). The molecule has 1 aliphatic heterocycles. The third kappa shape index (κ3) is 3.74. The molecule has 2 aromatic rings. The fourth-order valence-corrected chi connectivity index (χ4v) is 2.69. The molecule has 118 valence electrons. The Morgan fingerprint density at radius 2 is 2.13 bits per heavy atom. The van der Waals surface area contributed by atoms with Gasteiger partial charge in [0.2, 0.25) is 5.91 Å². The molecule has 1 aromatic heterocycles. The Hall–Kier alpha value is -2.69. The van der Waals surface area contributed by atoms with E-state index in [0.717, 1.165) is 24.3 Å². The summed E-state index contributed by atoms with van der Waals surface area (Å²) in [6, 6.07) is 13.0. The standard InChI is InChI=1S/C18H19N3O2/c22-17-8-4-12-21(17)16-7-3-5-14(13-16)18(23)20-11-9-15-6-1-2-10-19-15/h1-3,5-7,10,13H,4,8-9,11-12H2,(H,20,23). The van der Waals surface area contributed by atoms with Crippen LogP contribution in [0.25, 0.3) is 0 Å². The van der Waals surface area contributed by atoms with Crippen molar-refractivity contribution in [2.75, 3.05) is 18.0 Å². The van der Waals surface area contributed by atoms with Gasteiger partial charge in [0.15, 0.2) is 0 Å². The predicted octanol–water partition coefficient (Wildman–Crippen LogP) is 2.18. The summed E-state index contributed by atoms with van der Waals surface area (Å²) in [5.74, 6) is -0.00728. The summed E-state index contributed by atoms with van der Waals surface area (Å²) in [7, 11) is 0. The molecule has 1 aliphatic rings. The SMILES string of the molecule is O=C(NCCc1ccccn1)c1cccc(N2CCCC2=O)c1. The molecule has 0 bridgehead atoms. The van der Waals surface area contributed by atoms with E-state index in [1.807, 2.05) is 30.3 Å². The Morgan fingerprint density at radius 3 is 2.87 bits per heavy atom. The van der Waals surface area contributed by atoms with Gasteiger partial charge in [0.1, 0.15) is 0 Å². The summed E-state index contributed by atoms with van der Waals surface area (Å²) in [5.41, 5.74) is 2.32. The number of carbonyl (C=O) groups excluding carboxylic acids is 2. The Balaban J connectivity index is 1.60. The van der Waals surface area contributed by atoms with E-state index in [2.05, 4.69) is 10.3 Å². The van der Waals surface area contributed by atoms with E-state index in [9.17, 15) is 9.59 Å². The van der Waals surface area contributed by atoms with Gasteiger partial charge in [-0.15, -0.1) is 0 Å². The van der Waals surface area contributed by atoms with Gasteiger partial charge in [-0.3, -0.25) is 14.6 Å². The summed E-state index contributed by atoms with van der Waals surface area (Å²) < 4.78 is 0. The molecule has 0 radical (unpaired) electrons. The van der Waals surface area contributed by atoms with Crippen molar-refractivity contribution in [3.8, 4) is 0 Å². The van der Waals surface area contributed by atoms with Gasteiger partial charge >= 0.3 is 0 Å². The first kappa shape index (κ1) is 15.2. The average Bonchev–Trinajstić information content (AvgIpc) is 3.02. The highest BCUT2D eigenvalue weighted by Gasteiger charge is 2.22. The minimum Gasteiger partial charge on any atom is -0.352 e. The molecule has 1 fully saturated rings. The van der Waals surface area contributed by atoms with E-state index in [1.54, 1.807) is 23.2 Å². The van der Waals surface area contributed by atoms with E-state index in [0.29, 0.717) is 24.9 Å². The van der Waals surface area contributed by atoms with Gasteiger partial charge in [-0.05, 0) is 36.8 Å². The van der Waals surface area contributed by atoms with Gasteiger partial charge < -0.3 is 10.2 Å². The largest absolute Gasteiger partial charge is 0.352 e. The normalized spacial score (nSPS) is 14.1. The molecule has 5 nitrogen and oxygen atoms in total. The lowest BCUT2D eigenvalue weighted by atomic mass is 10.1. The van der Waals surface area contributed by atoms with E-state index >= 15 is 0 Å². The lowest BCUT2D eigenvalue weighted by Gasteiger charge is -2.16. The molecule has 0 aliphatic carbocycles. The number of amides is 2. The van der Waals surface area contributed by atoms with Gasteiger partial charge in [0, 0.05) is 49.1 Å². The van der Waals surface area contributed by atoms with Crippen molar-refractivity contribution in [2.45, 2.75) is 19.3 Å². The number of nitrogens with zero attached hydrogens (tertiary/aromatic N) is 2. The van der Waals surface area contributed by atoms with Crippen LogP contribution < -0.4 is 10.2 Å². The molecule has 0 unspecified atom stereocenters. The Kier molecular flexibility index (Phi) is 4.66. The highest BCUT2D eigenvalue weighted by atomic mass is 16.2. The van der Waals surface area contributed by atoms with Gasteiger partial charge in [-0.1, -0.05) is 12.1 Å². The lowest BCUT2D eigenvalue weighted by Crippen LogP contribution is -2.27. The van der Waals surface area contributed by atoms with Crippen molar-refractivity contribution in [3.63, 3.8) is 0 Å². The minimum absolute atomic E-state index is 0.123. The first-order valence-electron chi connectivity index (χ1n) is 7.82. The average molecular weight is 309 g/mol. The number of aromatic nitrogens is 1. The van der Waals surface area contributed by atoms with Crippen LogP contribution in [0.15, 0.2) is 48.7 Å². The molecule has 2 heterocycles. The number of benzene rings is 1. The molecule has 0 spiro atoms. The van der Waals surface area contributed by atoms with Gasteiger partial charge in [0.05, 0.1) is 0 Å². The molecular formula is C18H19N3O2. The van der Waals surface area contributed by atoms with Crippen LogP contribution in [0.2, 0.25) is 0 Å². The van der Waals surface area contributed by atoms with Crippen LogP contribution in [0.5, 0.6) is 0 Å². The third-order valence-corrected chi connectivity index (χ3v) is 3.89. The first-order chi connectivity index (χ1) is 11.2. The summed E-state index contributed by atoms with van der Waals surface area (Å²) in [6.45, 7) is 1.26.